The van der Waals surface area contributed by atoms with E-state index in [1.807, 2.05) is 0 Å². The van der Waals surface area contributed by atoms with Crippen molar-refractivity contribution in [2.45, 2.75) is 46.5 Å². The molecule has 1 aromatic rings. The van der Waals surface area contributed by atoms with Gasteiger partial charge in [-0.25, -0.2) is 0 Å². The summed E-state index contributed by atoms with van der Waals surface area (Å²) in [5.74, 6) is 2.81. The molecule has 102 valence electrons. The lowest BCUT2D eigenvalue weighted by Crippen LogP contribution is -2.07. The quantitative estimate of drug-likeness (QED) is 0.631. The summed E-state index contributed by atoms with van der Waals surface area (Å²) in [7, 11) is 0. The van der Waals surface area contributed by atoms with Gasteiger partial charge in [0.15, 0.2) is 0 Å². The van der Waals surface area contributed by atoms with Gasteiger partial charge in [-0.15, -0.1) is 11.6 Å². The van der Waals surface area contributed by atoms with Crippen LogP contribution in [0.2, 0.25) is 0 Å². The lowest BCUT2D eigenvalue weighted by Gasteiger charge is -2.16. The minimum Gasteiger partial charge on any atom is -0.493 e. The van der Waals surface area contributed by atoms with Gasteiger partial charge in [-0.1, -0.05) is 39.8 Å². The Bertz CT molecular complexity index is 358. The summed E-state index contributed by atoms with van der Waals surface area (Å²) in [6.45, 7) is 9.54. The normalized spacial score (nSPS) is 11.3. The monoisotopic (exact) mass is 268 g/mol. The van der Waals surface area contributed by atoms with Gasteiger partial charge in [-0.3, -0.25) is 0 Å². The summed E-state index contributed by atoms with van der Waals surface area (Å²) in [5.41, 5.74) is 2.67. The van der Waals surface area contributed by atoms with Gasteiger partial charge in [0.2, 0.25) is 0 Å². The fourth-order valence-corrected chi connectivity index (χ4v) is 2.00. The van der Waals surface area contributed by atoms with Crippen molar-refractivity contribution in [2.24, 2.45) is 5.92 Å². The number of hydrogen-bond acceptors (Lipinski definition) is 1. The smallest absolute Gasteiger partial charge is 0.122 e. The van der Waals surface area contributed by atoms with Crippen molar-refractivity contribution < 1.29 is 4.74 Å². The van der Waals surface area contributed by atoms with Crippen LogP contribution >= 0.6 is 11.6 Å². The molecule has 0 fully saturated rings. The second kappa shape index (κ2) is 7.68. The number of ether oxygens (including phenoxy) is 1. The number of rotatable bonds is 7. The molecular weight excluding hydrogens is 244 g/mol. The molecule has 0 heterocycles. The van der Waals surface area contributed by atoms with Crippen LogP contribution < -0.4 is 4.74 Å². The van der Waals surface area contributed by atoms with Crippen molar-refractivity contribution in [1.29, 1.82) is 0 Å². The van der Waals surface area contributed by atoms with E-state index in [9.17, 15) is 0 Å². The molecule has 0 aliphatic rings. The fourth-order valence-electron chi connectivity index (χ4n) is 1.86. The lowest BCUT2D eigenvalue weighted by atomic mass is 9.98. The lowest BCUT2D eigenvalue weighted by molar-refractivity contribution is 0.267. The maximum Gasteiger partial charge on any atom is 0.122 e. The highest BCUT2D eigenvalue weighted by Gasteiger charge is 2.09. The second-order valence-corrected chi connectivity index (χ2v) is 5.90. The first-order chi connectivity index (χ1) is 8.54. The van der Waals surface area contributed by atoms with Gasteiger partial charge in [-0.05, 0) is 41.9 Å². The molecule has 0 unspecified atom stereocenters. The Morgan fingerprint density at radius 2 is 1.89 bits per heavy atom. The van der Waals surface area contributed by atoms with Crippen molar-refractivity contribution in [2.75, 3.05) is 12.5 Å². The number of aryl methyl sites for hydroxylation is 1. The maximum atomic E-state index is 5.89. The zero-order chi connectivity index (χ0) is 13.5. The van der Waals surface area contributed by atoms with Crippen molar-refractivity contribution >= 4 is 11.6 Å². The molecule has 1 nitrogen and oxygen atoms in total. The number of hydrogen-bond donors (Lipinski definition) is 0. The molecule has 0 amide bonds. The standard InChI is InChI=1S/C16H25ClO/c1-12(2)11-18-16-8-7-14(6-5-9-17)10-15(16)13(3)4/h7-8,10,12-13H,5-6,9,11H2,1-4H3. The molecule has 0 saturated heterocycles. The van der Waals surface area contributed by atoms with Crippen LogP contribution in [0.4, 0.5) is 0 Å². The average Bonchev–Trinajstić information content (AvgIpc) is 2.34. The highest BCUT2D eigenvalue weighted by Crippen LogP contribution is 2.28. The van der Waals surface area contributed by atoms with E-state index in [4.69, 9.17) is 16.3 Å². The zero-order valence-electron chi connectivity index (χ0n) is 12.0. The number of benzene rings is 1. The highest BCUT2D eigenvalue weighted by molar-refractivity contribution is 6.17. The molecule has 1 rings (SSSR count). The molecule has 2 heteroatoms. The van der Waals surface area contributed by atoms with Gasteiger partial charge < -0.3 is 4.74 Å². The van der Waals surface area contributed by atoms with E-state index in [2.05, 4.69) is 45.9 Å². The van der Waals surface area contributed by atoms with Crippen LogP contribution in [-0.4, -0.2) is 12.5 Å². The van der Waals surface area contributed by atoms with Crippen LogP contribution in [0.5, 0.6) is 5.75 Å². The predicted octanol–water partition coefficient (Wildman–Crippen LogP) is 5.02. The predicted molar refractivity (Wildman–Crippen MR) is 79.9 cm³/mol. The molecule has 1 aromatic carbocycles. The molecular formula is C16H25ClO. The van der Waals surface area contributed by atoms with E-state index >= 15 is 0 Å². The number of alkyl halides is 1. The zero-order valence-corrected chi connectivity index (χ0v) is 12.8. The molecule has 0 bridgehead atoms. The Hall–Kier alpha value is -0.690. The minimum atomic E-state index is 0.489. The summed E-state index contributed by atoms with van der Waals surface area (Å²) >= 11 is 5.74. The topological polar surface area (TPSA) is 9.23 Å². The first-order valence-corrected chi connectivity index (χ1v) is 7.39. The third-order valence-corrected chi connectivity index (χ3v) is 3.13. The molecule has 0 saturated carbocycles. The van der Waals surface area contributed by atoms with Gasteiger partial charge in [0.05, 0.1) is 6.61 Å². The van der Waals surface area contributed by atoms with E-state index in [1.165, 1.54) is 11.1 Å². The summed E-state index contributed by atoms with van der Waals surface area (Å²) in [5, 5.41) is 0. The van der Waals surface area contributed by atoms with Crippen LogP contribution in [0.15, 0.2) is 18.2 Å². The van der Waals surface area contributed by atoms with Crippen LogP contribution in [0.1, 0.15) is 51.2 Å². The van der Waals surface area contributed by atoms with Crippen LogP contribution in [0.25, 0.3) is 0 Å². The molecule has 0 aromatic heterocycles. The molecule has 18 heavy (non-hydrogen) atoms. The van der Waals surface area contributed by atoms with Crippen molar-refractivity contribution in [3.05, 3.63) is 29.3 Å². The van der Waals surface area contributed by atoms with Crippen molar-refractivity contribution in [3.8, 4) is 5.75 Å². The van der Waals surface area contributed by atoms with Gasteiger partial charge in [0.25, 0.3) is 0 Å². The SMILES string of the molecule is CC(C)COc1ccc(CCCCl)cc1C(C)C. The first kappa shape index (κ1) is 15.4. The Morgan fingerprint density at radius 1 is 1.17 bits per heavy atom. The molecule has 0 radical (unpaired) electrons. The Kier molecular flexibility index (Phi) is 6.56. The second-order valence-electron chi connectivity index (χ2n) is 5.52. The maximum absolute atomic E-state index is 5.89. The largest absolute Gasteiger partial charge is 0.493 e. The van der Waals surface area contributed by atoms with E-state index < -0.39 is 0 Å². The van der Waals surface area contributed by atoms with E-state index in [1.54, 1.807) is 0 Å². The van der Waals surface area contributed by atoms with E-state index in [0.717, 1.165) is 31.1 Å². The van der Waals surface area contributed by atoms with Gasteiger partial charge in [0.1, 0.15) is 5.75 Å². The molecule has 0 N–H and O–H groups in total. The molecule has 0 aliphatic carbocycles. The van der Waals surface area contributed by atoms with Crippen molar-refractivity contribution in [3.63, 3.8) is 0 Å². The summed E-state index contributed by atoms with van der Waals surface area (Å²) in [6, 6.07) is 6.54. The van der Waals surface area contributed by atoms with E-state index in [0.29, 0.717) is 11.8 Å². The summed E-state index contributed by atoms with van der Waals surface area (Å²) < 4.78 is 5.89. The molecule has 0 spiro atoms. The fraction of sp³-hybridized carbons (Fsp3) is 0.625. The van der Waals surface area contributed by atoms with Crippen LogP contribution in [0.3, 0.4) is 0 Å². The Labute approximate surface area is 116 Å². The number of halogens is 1. The third-order valence-electron chi connectivity index (χ3n) is 2.87. The Balaban J connectivity index is 2.83. The van der Waals surface area contributed by atoms with Gasteiger partial charge in [0, 0.05) is 5.88 Å². The third kappa shape index (κ3) is 4.89. The first-order valence-electron chi connectivity index (χ1n) is 6.86. The summed E-state index contributed by atoms with van der Waals surface area (Å²) in [4.78, 5) is 0. The van der Waals surface area contributed by atoms with Gasteiger partial charge >= 0.3 is 0 Å². The highest BCUT2D eigenvalue weighted by atomic mass is 35.5. The molecule has 0 atom stereocenters. The summed E-state index contributed by atoms with van der Waals surface area (Å²) in [6.07, 6.45) is 2.08. The van der Waals surface area contributed by atoms with Crippen LogP contribution in [0, 0.1) is 5.92 Å². The van der Waals surface area contributed by atoms with Crippen LogP contribution in [-0.2, 0) is 6.42 Å². The Morgan fingerprint density at radius 3 is 2.44 bits per heavy atom. The minimum absolute atomic E-state index is 0.489. The van der Waals surface area contributed by atoms with Crippen molar-refractivity contribution in [1.82, 2.24) is 0 Å². The average molecular weight is 269 g/mol. The molecule has 0 aliphatic heterocycles. The van der Waals surface area contributed by atoms with Gasteiger partial charge in [-0.2, -0.15) is 0 Å². The van der Waals surface area contributed by atoms with E-state index in [-0.39, 0.29) is 0 Å².